The summed E-state index contributed by atoms with van der Waals surface area (Å²) in [5.74, 6) is 0.200. The van der Waals surface area contributed by atoms with E-state index in [1.165, 1.54) is 17.4 Å². The minimum absolute atomic E-state index is 0.134. The number of carbonyl (C=O) groups is 1. The molecule has 4 rings (SSSR count). The van der Waals surface area contributed by atoms with Crippen molar-refractivity contribution < 1.29 is 13.9 Å². The van der Waals surface area contributed by atoms with Crippen molar-refractivity contribution in [1.29, 1.82) is 0 Å². The van der Waals surface area contributed by atoms with Gasteiger partial charge in [-0.1, -0.05) is 0 Å². The highest BCUT2D eigenvalue weighted by Crippen LogP contribution is 2.19. The second-order valence-electron chi connectivity index (χ2n) is 5.34. The van der Waals surface area contributed by atoms with E-state index in [1.807, 2.05) is 22.2 Å². The highest BCUT2D eigenvalue weighted by atomic mass is 32.1. The van der Waals surface area contributed by atoms with Crippen LogP contribution in [0.3, 0.4) is 0 Å². The van der Waals surface area contributed by atoms with Crippen LogP contribution in [0.15, 0.2) is 57.3 Å². The topological polar surface area (TPSA) is 85.8 Å². The van der Waals surface area contributed by atoms with Gasteiger partial charge in [-0.25, -0.2) is 9.78 Å². The van der Waals surface area contributed by atoms with Crippen molar-refractivity contribution in [3.8, 4) is 5.75 Å². The summed E-state index contributed by atoms with van der Waals surface area (Å²) in [6, 6.07) is 8.11. The molecule has 1 aromatic carbocycles. The quantitative estimate of drug-likeness (QED) is 0.555. The van der Waals surface area contributed by atoms with Gasteiger partial charge in [0.05, 0.1) is 12.2 Å². The average molecular weight is 355 g/mol. The number of hydrogen-bond acceptors (Lipinski definition) is 6. The van der Waals surface area contributed by atoms with E-state index in [9.17, 15) is 9.59 Å². The summed E-state index contributed by atoms with van der Waals surface area (Å²) in [4.78, 5) is 28.4. The van der Waals surface area contributed by atoms with E-state index in [-0.39, 0.29) is 12.5 Å². The van der Waals surface area contributed by atoms with Gasteiger partial charge in [0.15, 0.2) is 11.6 Å². The van der Waals surface area contributed by atoms with E-state index >= 15 is 0 Å². The number of carbonyl (C=O) groups excluding carboxylic acids is 1. The summed E-state index contributed by atoms with van der Waals surface area (Å²) >= 11 is 1.54. The molecule has 25 heavy (non-hydrogen) atoms. The zero-order valence-corrected chi connectivity index (χ0v) is 13.8. The van der Waals surface area contributed by atoms with Crippen LogP contribution in [-0.2, 0) is 11.3 Å². The van der Waals surface area contributed by atoms with Gasteiger partial charge in [-0.05, 0) is 18.2 Å². The van der Waals surface area contributed by atoms with E-state index in [0.717, 1.165) is 16.0 Å². The Morgan fingerprint density at radius 3 is 3.08 bits per heavy atom. The molecule has 126 valence electrons. The summed E-state index contributed by atoms with van der Waals surface area (Å²) in [5, 5.41) is 5.49. The summed E-state index contributed by atoms with van der Waals surface area (Å²) in [5.41, 5.74) is 0.776. The maximum atomic E-state index is 11.9. The van der Waals surface area contributed by atoms with Crippen LogP contribution in [0.4, 0.5) is 0 Å². The van der Waals surface area contributed by atoms with Crippen molar-refractivity contribution in [3.05, 3.63) is 64.2 Å². The Kier molecular flexibility index (Phi) is 3.95. The normalized spacial score (nSPS) is 11.0. The number of benzene rings is 1. The monoisotopic (exact) mass is 355 g/mol. The molecule has 0 aliphatic rings. The molecule has 0 atom stereocenters. The Balaban J connectivity index is 1.35. The van der Waals surface area contributed by atoms with E-state index in [0.29, 0.717) is 17.9 Å². The molecule has 0 radical (unpaired) electrons. The molecule has 0 aliphatic carbocycles. The lowest BCUT2D eigenvalue weighted by Crippen LogP contribution is -2.28. The Morgan fingerprint density at radius 2 is 2.20 bits per heavy atom. The number of rotatable bonds is 5. The van der Waals surface area contributed by atoms with E-state index in [2.05, 4.69) is 10.3 Å². The number of nitrogens with zero attached hydrogens (tertiary/aromatic N) is 2. The van der Waals surface area contributed by atoms with Crippen LogP contribution in [0.25, 0.3) is 15.9 Å². The molecule has 4 aromatic rings. The van der Waals surface area contributed by atoms with E-state index in [4.69, 9.17) is 9.15 Å². The lowest BCUT2D eigenvalue weighted by molar-refractivity contribution is -0.123. The summed E-state index contributed by atoms with van der Waals surface area (Å²) in [6.07, 6.45) is 3.79. The molecule has 0 bridgehead atoms. The van der Waals surface area contributed by atoms with Gasteiger partial charge in [0, 0.05) is 35.3 Å². The van der Waals surface area contributed by atoms with Crippen molar-refractivity contribution in [2.75, 3.05) is 6.61 Å². The first-order valence-corrected chi connectivity index (χ1v) is 8.40. The van der Waals surface area contributed by atoms with Crippen molar-refractivity contribution >= 4 is 33.2 Å². The summed E-state index contributed by atoms with van der Waals surface area (Å²) in [7, 11) is 0. The molecule has 0 saturated heterocycles. The number of ether oxygens (including phenoxy) is 1. The summed E-state index contributed by atoms with van der Waals surface area (Å²) in [6.45, 7) is 0.202. The van der Waals surface area contributed by atoms with Crippen LogP contribution in [0.2, 0.25) is 0 Å². The first kappa shape index (κ1) is 15.4. The average Bonchev–Trinajstić information content (AvgIpc) is 3.19. The Hall–Kier alpha value is -3.13. The third-order valence-electron chi connectivity index (χ3n) is 3.57. The molecular weight excluding hydrogens is 342 g/mol. The predicted molar refractivity (Wildman–Crippen MR) is 92.9 cm³/mol. The third-order valence-corrected chi connectivity index (χ3v) is 4.35. The Morgan fingerprint density at radius 1 is 1.32 bits per heavy atom. The van der Waals surface area contributed by atoms with E-state index < -0.39 is 5.63 Å². The van der Waals surface area contributed by atoms with Gasteiger partial charge in [0.1, 0.15) is 11.3 Å². The first-order valence-electron chi connectivity index (χ1n) is 7.52. The highest BCUT2D eigenvalue weighted by molar-refractivity contribution is 7.15. The molecule has 7 nitrogen and oxygen atoms in total. The molecule has 1 N–H and O–H groups in total. The molecule has 0 aliphatic heterocycles. The Bertz CT molecular complexity index is 1080. The minimum atomic E-state index is -0.428. The number of aromatic nitrogens is 2. The van der Waals surface area contributed by atoms with Gasteiger partial charge in [0.2, 0.25) is 0 Å². The largest absolute Gasteiger partial charge is 0.484 e. The molecule has 3 aromatic heterocycles. The number of nitrogens with one attached hydrogen (secondary N) is 1. The molecule has 1 amide bonds. The zero-order valence-electron chi connectivity index (χ0n) is 13.0. The highest BCUT2D eigenvalue weighted by Gasteiger charge is 2.07. The van der Waals surface area contributed by atoms with Gasteiger partial charge in [-0.15, -0.1) is 11.3 Å². The fourth-order valence-electron chi connectivity index (χ4n) is 2.38. The number of amides is 1. The minimum Gasteiger partial charge on any atom is -0.484 e. The van der Waals surface area contributed by atoms with Crippen LogP contribution in [0.5, 0.6) is 5.75 Å². The SMILES string of the molecule is O=C(COc1ccc2ccc(=O)oc2c1)NCc1cn2ccsc2n1. The van der Waals surface area contributed by atoms with Crippen LogP contribution < -0.4 is 15.7 Å². The number of hydrogen-bond donors (Lipinski definition) is 1. The number of imidazole rings is 1. The van der Waals surface area contributed by atoms with E-state index in [1.54, 1.807) is 24.3 Å². The first-order chi connectivity index (χ1) is 12.2. The smallest absolute Gasteiger partial charge is 0.336 e. The second-order valence-corrected chi connectivity index (χ2v) is 6.22. The molecular formula is C17H13N3O4S. The van der Waals surface area contributed by atoms with Gasteiger partial charge in [-0.2, -0.15) is 0 Å². The molecule has 8 heteroatoms. The lowest BCUT2D eigenvalue weighted by Gasteiger charge is -2.07. The van der Waals surface area contributed by atoms with Crippen molar-refractivity contribution in [3.63, 3.8) is 0 Å². The van der Waals surface area contributed by atoms with Crippen molar-refractivity contribution in [1.82, 2.24) is 14.7 Å². The molecule has 3 heterocycles. The van der Waals surface area contributed by atoms with Gasteiger partial charge in [0.25, 0.3) is 5.91 Å². The third kappa shape index (κ3) is 3.38. The zero-order chi connectivity index (χ0) is 17.2. The van der Waals surface area contributed by atoms with Crippen LogP contribution >= 0.6 is 11.3 Å². The lowest BCUT2D eigenvalue weighted by atomic mass is 10.2. The summed E-state index contributed by atoms with van der Waals surface area (Å²) < 4.78 is 12.4. The standard InChI is InChI=1S/C17H13N3O4S/c21-15(18-8-12-9-20-5-6-25-17(20)19-12)10-23-13-3-1-11-2-4-16(22)24-14(11)7-13/h1-7,9H,8,10H2,(H,18,21). The molecule has 0 spiro atoms. The molecule has 0 saturated carbocycles. The van der Waals surface area contributed by atoms with Crippen LogP contribution in [-0.4, -0.2) is 21.9 Å². The second kappa shape index (κ2) is 6.40. The maximum absolute atomic E-state index is 11.9. The van der Waals surface area contributed by atoms with Crippen molar-refractivity contribution in [2.24, 2.45) is 0 Å². The predicted octanol–water partition coefficient (Wildman–Crippen LogP) is 2.20. The van der Waals surface area contributed by atoms with Gasteiger partial charge >= 0.3 is 5.63 Å². The van der Waals surface area contributed by atoms with Gasteiger partial charge < -0.3 is 14.5 Å². The van der Waals surface area contributed by atoms with Crippen LogP contribution in [0, 0.1) is 0 Å². The maximum Gasteiger partial charge on any atom is 0.336 e. The van der Waals surface area contributed by atoms with Crippen LogP contribution in [0.1, 0.15) is 5.69 Å². The number of fused-ring (bicyclic) bond motifs is 2. The molecule has 0 unspecified atom stereocenters. The Labute approximate surface area is 145 Å². The fourth-order valence-corrected chi connectivity index (χ4v) is 3.10. The van der Waals surface area contributed by atoms with Gasteiger partial charge in [-0.3, -0.25) is 9.20 Å². The fraction of sp³-hybridized carbons (Fsp3) is 0.118. The van der Waals surface area contributed by atoms with Crippen molar-refractivity contribution in [2.45, 2.75) is 6.54 Å². The molecule has 0 fully saturated rings. The number of thiazole rings is 1.